The van der Waals surface area contributed by atoms with E-state index in [1.807, 2.05) is 6.07 Å². The first-order valence-electron chi connectivity index (χ1n) is 5.58. The van der Waals surface area contributed by atoms with Gasteiger partial charge >= 0.3 is 0 Å². The molecule has 21 heavy (non-hydrogen) atoms. The molecule has 0 atom stereocenters. The first kappa shape index (κ1) is 14.4. The van der Waals surface area contributed by atoms with E-state index in [4.69, 9.17) is 22.6 Å². The second-order valence-corrected chi connectivity index (χ2v) is 4.39. The van der Waals surface area contributed by atoms with Crippen molar-refractivity contribution in [1.82, 2.24) is 4.98 Å². The number of pyridine rings is 1. The highest BCUT2D eigenvalue weighted by Gasteiger charge is 2.18. The fraction of sp³-hybridized carbons (Fsp3) is 0. The predicted octanol–water partition coefficient (Wildman–Crippen LogP) is 2.28. The molecule has 0 saturated heterocycles. The van der Waals surface area contributed by atoms with Gasteiger partial charge in [-0.15, -0.1) is 0 Å². The number of halogens is 1. The monoisotopic (exact) mass is 302 g/mol. The lowest BCUT2D eigenvalue weighted by Gasteiger charge is -2.06. The maximum Gasteiger partial charge on any atom is 0.277 e. The Morgan fingerprint density at radius 2 is 2.14 bits per heavy atom. The van der Waals surface area contributed by atoms with E-state index in [9.17, 15) is 14.9 Å². The topological polar surface area (TPSA) is 123 Å². The van der Waals surface area contributed by atoms with Crippen LogP contribution in [-0.4, -0.2) is 15.8 Å². The largest absolute Gasteiger partial charge is 0.366 e. The van der Waals surface area contributed by atoms with Crippen LogP contribution in [0, 0.1) is 21.4 Å². The van der Waals surface area contributed by atoms with Crippen LogP contribution in [0.25, 0.3) is 11.1 Å². The molecule has 0 aliphatic rings. The lowest BCUT2D eigenvalue weighted by molar-refractivity contribution is -0.384. The average Bonchev–Trinajstić information content (AvgIpc) is 2.47. The molecule has 1 heterocycles. The number of nitriles is 1. The standard InChI is InChI=1S/C13H7ClN4O3/c14-12-8(5-15)3-9(6-17-12)10-4-7(13(16)19)1-2-11(10)18(20)21/h1-4,6H,(H2,16,19). The molecule has 1 amide bonds. The quantitative estimate of drug-likeness (QED) is 0.529. The molecule has 0 aliphatic heterocycles. The second kappa shape index (κ2) is 5.56. The van der Waals surface area contributed by atoms with Crippen molar-refractivity contribution < 1.29 is 9.72 Å². The van der Waals surface area contributed by atoms with Crippen LogP contribution < -0.4 is 5.73 Å². The molecule has 0 bridgehead atoms. The van der Waals surface area contributed by atoms with E-state index in [2.05, 4.69) is 4.98 Å². The Kier molecular flexibility index (Phi) is 3.82. The zero-order chi connectivity index (χ0) is 15.6. The lowest BCUT2D eigenvalue weighted by atomic mass is 10.0. The second-order valence-electron chi connectivity index (χ2n) is 4.03. The molecular formula is C13H7ClN4O3. The van der Waals surface area contributed by atoms with Crippen LogP contribution in [0.3, 0.4) is 0 Å². The minimum atomic E-state index is -0.714. The predicted molar refractivity (Wildman–Crippen MR) is 74.6 cm³/mol. The zero-order valence-corrected chi connectivity index (χ0v) is 11.2. The summed E-state index contributed by atoms with van der Waals surface area (Å²) in [5.74, 6) is -0.714. The summed E-state index contributed by atoms with van der Waals surface area (Å²) in [5.41, 5.74) is 5.57. The van der Waals surface area contributed by atoms with Crippen LogP contribution in [0.4, 0.5) is 5.69 Å². The van der Waals surface area contributed by atoms with Gasteiger partial charge in [0.2, 0.25) is 5.91 Å². The van der Waals surface area contributed by atoms with Crippen molar-refractivity contribution in [2.24, 2.45) is 5.73 Å². The Morgan fingerprint density at radius 3 is 2.71 bits per heavy atom. The number of hydrogen-bond donors (Lipinski definition) is 1. The van der Waals surface area contributed by atoms with Crippen molar-refractivity contribution in [3.05, 3.63) is 56.9 Å². The van der Waals surface area contributed by atoms with Crippen molar-refractivity contribution >= 4 is 23.2 Å². The first-order chi connectivity index (χ1) is 9.93. The van der Waals surface area contributed by atoms with Gasteiger partial charge in [-0.3, -0.25) is 14.9 Å². The lowest BCUT2D eigenvalue weighted by Crippen LogP contribution is -2.11. The highest BCUT2D eigenvalue weighted by molar-refractivity contribution is 6.30. The van der Waals surface area contributed by atoms with E-state index in [1.165, 1.54) is 30.5 Å². The van der Waals surface area contributed by atoms with E-state index < -0.39 is 10.8 Å². The molecule has 8 heteroatoms. The van der Waals surface area contributed by atoms with Crippen molar-refractivity contribution in [2.45, 2.75) is 0 Å². The smallest absolute Gasteiger partial charge is 0.277 e. The molecule has 2 rings (SSSR count). The zero-order valence-electron chi connectivity index (χ0n) is 10.4. The number of nitro benzene ring substituents is 1. The number of hydrogen-bond acceptors (Lipinski definition) is 5. The van der Waals surface area contributed by atoms with Crippen molar-refractivity contribution in [3.8, 4) is 17.2 Å². The van der Waals surface area contributed by atoms with Crippen molar-refractivity contribution in [3.63, 3.8) is 0 Å². The van der Waals surface area contributed by atoms with Gasteiger partial charge in [0.1, 0.15) is 11.2 Å². The molecule has 1 aromatic heterocycles. The summed E-state index contributed by atoms with van der Waals surface area (Å²) in [6.45, 7) is 0. The van der Waals surface area contributed by atoms with Gasteiger partial charge in [-0.2, -0.15) is 5.26 Å². The van der Waals surface area contributed by atoms with E-state index in [0.29, 0.717) is 5.56 Å². The Labute approximate surface area is 123 Å². The summed E-state index contributed by atoms with van der Waals surface area (Å²) in [5, 5.41) is 20.0. The average molecular weight is 303 g/mol. The van der Waals surface area contributed by atoms with E-state index in [-0.39, 0.29) is 27.5 Å². The maximum absolute atomic E-state index is 11.2. The van der Waals surface area contributed by atoms with Gasteiger partial charge in [0.15, 0.2) is 0 Å². The number of nitrogens with two attached hydrogens (primary N) is 1. The molecular weight excluding hydrogens is 296 g/mol. The molecule has 0 spiro atoms. The number of primary amides is 1. The molecule has 1 aromatic carbocycles. The Morgan fingerprint density at radius 1 is 1.43 bits per heavy atom. The van der Waals surface area contributed by atoms with Gasteiger partial charge in [0.25, 0.3) is 5.69 Å². The SMILES string of the molecule is N#Cc1cc(-c2cc(C(N)=O)ccc2[N+](=O)[O-])cnc1Cl. The number of carbonyl (C=O) groups is 1. The van der Waals surface area contributed by atoms with Gasteiger partial charge in [-0.25, -0.2) is 4.98 Å². The number of aromatic nitrogens is 1. The summed E-state index contributed by atoms with van der Waals surface area (Å²) in [4.78, 5) is 25.5. The summed E-state index contributed by atoms with van der Waals surface area (Å²) >= 11 is 5.73. The third kappa shape index (κ3) is 2.80. The molecule has 104 valence electrons. The van der Waals surface area contributed by atoms with Crippen LogP contribution in [0.15, 0.2) is 30.5 Å². The molecule has 7 nitrogen and oxygen atoms in total. The van der Waals surface area contributed by atoms with Crippen LogP contribution >= 0.6 is 11.6 Å². The van der Waals surface area contributed by atoms with Crippen LogP contribution in [0.5, 0.6) is 0 Å². The van der Waals surface area contributed by atoms with Crippen molar-refractivity contribution in [1.29, 1.82) is 5.26 Å². The number of nitrogens with zero attached hydrogens (tertiary/aromatic N) is 3. The third-order valence-corrected chi connectivity index (χ3v) is 3.05. The molecule has 0 aliphatic carbocycles. The van der Waals surface area contributed by atoms with Crippen LogP contribution in [0.2, 0.25) is 5.15 Å². The van der Waals surface area contributed by atoms with Gasteiger partial charge in [0, 0.05) is 23.4 Å². The van der Waals surface area contributed by atoms with Gasteiger partial charge in [-0.1, -0.05) is 11.6 Å². The number of benzene rings is 1. The summed E-state index contributed by atoms with van der Waals surface area (Å²) in [7, 11) is 0. The highest BCUT2D eigenvalue weighted by atomic mass is 35.5. The fourth-order valence-electron chi connectivity index (χ4n) is 1.75. The fourth-order valence-corrected chi connectivity index (χ4v) is 1.90. The molecule has 0 radical (unpaired) electrons. The summed E-state index contributed by atoms with van der Waals surface area (Å²) in [6.07, 6.45) is 1.29. The molecule has 0 saturated carbocycles. The maximum atomic E-state index is 11.2. The van der Waals surface area contributed by atoms with Gasteiger partial charge < -0.3 is 5.73 Å². The number of carbonyl (C=O) groups excluding carboxylic acids is 1. The highest BCUT2D eigenvalue weighted by Crippen LogP contribution is 2.31. The Bertz CT molecular complexity index is 798. The Hall–Kier alpha value is -2.98. The minimum absolute atomic E-state index is 0.00467. The molecule has 0 unspecified atom stereocenters. The number of rotatable bonds is 3. The Balaban J connectivity index is 2.71. The first-order valence-corrected chi connectivity index (χ1v) is 5.96. The molecule has 2 N–H and O–H groups in total. The summed E-state index contributed by atoms with van der Waals surface area (Å²) in [6, 6.07) is 6.92. The van der Waals surface area contributed by atoms with E-state index in [1.54, 1.807) is 0 Å². The van der Waals surface area contributed by atoms with Crippen LogP contribution in [0.1, 0.15) is 15.9 Å². The minimum Gasteiger partial charge on any atom is -0.366 e. The van der Waals surface area contributed by atoms with Gasteiger partial charge in [0.05, 0.1) is 16.1 Å². The van der Waals surface area contributed by atoms with Crippen LogP contribution in [-0.2, 0) is 0 Å². The van der Waals surface area contributed by atoms with Crippen molar-refractivity contribution in [2.75, 3.05) is 0 Å². The molecule has 0 fully saturated rings. The van der Waals surface area contributed by atoms with Gasteiger partial charge in [-0.05, 0) is 18.2 Å². The van der Waals surface area contributed by atoms with E-state index >= 15 is 0 Å². The normalized spacial score (nSPS) is 9.90. The number of nitro groups is 1. The number of amides is 1. The third-order valence-electron chi connectivity index (χ3n) is 2.75. The van der Waals surface area contributed by atoms with E-state index in [0.717, 1.165) is 0 Å². The molecule has 2 aromatic rings. The summed E-state index contributed by atoms with van der Waals surface area (Å²) < 4.78 is 0.